The van der Waals surface area contributed by atoms with Crippen molar-refractivity contribution in [3.05, 3.63) is 28.8 Å². The molecule has 96 valence electrons. The van der Waals surface area contributed by atoms with Gasteiger partial charge >= 0.3 is 0 Å². The van der Waals surface area contributed by atoms with Gasteiger partial charge in [-0.3, -0.25) is 0 Å². The molecule has 0 aliphatic carbocycles. The monoisotopic (exact) mass is 263 g/mol. The van der Waals surface area contributed by atoms with Crippen LogP contribution >= 0.6 is 11.6 Å². The molecule has 1 saturated heterocycles. The molecule has 0 radical (unpaired) electrons. The van der Waals surface area contributed by atoms with E-state index in [1.165, 1.54) is 19.3 Å². The van der Waals surface area contributed by atoms with E-state index < -0.39 is 0 Å². The maximum absolute atomic E-state index is 8.86. The highest BCUT2D eigenvalue weighted by atomic mass is 35.5. The van der Waals surface area contributed by atoms with Gasteiger partial charge in [-0.25, -0.2) is 0 Å². The predicted octanol–water partition coefficient (Wildman–Crippen LogP) is 2.92. The molecule has 1 unspecified atom stereocenters. The van der Waals surface area contributed by atoms with Crippen LogP contribution < -0.4 is 10.6 Å². The second kappa shape index (κ2) is 6.08. The van der Waals surface area contributed by atoms with Crippen LogP contribution in [0, 0.1) is 11.3 Å². The molecule has 0 bridgehead atoms. The first-order valence-electron chi connectivity index (χ1n) is 6.42. The van der Waals surface area contributed by atoms with E-state index in [4.69, 9.17) is 22.6 Å². The fourth-order valence-electron chi connectivity index (χ4n) is 2.62. The Morgan fingerprint density at radius 1 is 1.44 bits per heavy atom. The number of benzene rings is 1. The van der Waals surface area contributed by atoms with E-state index in [9.17, 15) is 0 Å². The summed E-state index contributed by atoms with van der Waals surface area (Å²) in [6, 6.07) is 8.12. The quantitative estimate of drug-likeness (QED) is 0.912. The van der Waals surface area contributed by atoms with Gasteiger partial charge in [-0.15, -0.1) is 0 Å². The molecule has 0 amide bonds. The van der Waals surface area contributed by atoms with Crippen LogP contribution in [-0.2, 0) is 0 Å². The first-order valence-corrected chi connectivity index (χ1v) is 6.80. The number of nitriles is 1. The molecule has 0 aromatic heterocycles. The minimum absolute atomic E-state index is 0.481. The van der Waals surface area contributed by atoms with Crippen molar-refractivity contribution < 1.29 is 0 Å². The molecule has 1 aromatic carbocycles. The van der Waals surface area contributed by atoms with E-state index in [1.54, 1.807) is 6.07 Å². The Bertz CT molecular complexity index is 451. The molecule has 1 aromatic rings. The lowest BCUT2D eigenvalue weighted by molar-refractivity contribution is 0.442. The lowest BCUT2D eigenvalue weighted by Gasteiger charge is -2.38. The summed E-state index contributed by atoms with van der Waals surface area (Å²) in [5.74, 6) is 0. The minimum Gasteiger partial charge on any atom is -0.367 e. The summed E-state index contributed by atoms with van der Waals surface area (Å²) >= 11 is 6.28. The molecule has 1 fully saturated rings. The number of hydrogen-bond acceptors (Lipinski definition) is 3. The number of anilines is 1. The van der Waals surface area contributed by atoms with E-state index in [0.29, 0.717) is 23.2 Å². The first-order chi connectivity index (χ1) is 8.76. The third-order valence-corrected chi connectivity index (χ3v) is 3.82. The van der Waals surface area contributed by atoms with Crippen LogP contribution in [-0.4, -0.2) is 19.1 Å². The fourth-order valence-corrected chi connectivity index (χ4v) is 2.91. The van der Waals surface area contributed by atoms with Gasteiger partial charge in [0.05, 0.1) is 22.3 Å². The summed E-state index contributed by atoms with van der Waals surface area (Å²) in [5.41, 5.74) is 7.32. The predicted molar refractivity (Wildman–Crippen MR) is 74.8 cm³/mol. The van der Waals surface area contributed by atoms with Crippen molar-refractivity contribution in [3.63, 3.8) is 0 Å². The molecule has 0 saturated carbocycles. The highest BCUT2D eigenvalue weighted by Gasteiger charge is 2.23. The van der Waals surface area contributed by atoms with Crippen molar-refractivity contribution in [1.29, 1.82) is 5.26 Å². The standard InChI is InChI=1S/C14H18ClN3/c15-13-9-11(10-17)4-5-14(13)18-8-2-1-3-12(18)6-7-16/h4-5,9,12H,1-3,6-8,16H2. The highest BCUT2D eigenvalue weighted by Crippen LogP contribution is 2.32. The van der Waals surface area contributed by atoms with Gasteiger partial charge in [0, 0.05) is 12.6 Å². The molecule has 2 N–H and O–H groups in total. The van der Waals surface area contributed by atoms with Gasteiger partial charge < -0.3 is 10.6 Å². The van der Waals surface area contributed by atoms with Crippen molar-refractivity contribution in [2.45, 2.75) is 31.7 Å². The number of hydrogen-bond donors (Lipinski definition) is 1. The molecule has 1 aliphatic heterocycles. The Hall–Kier alpha value is -1.24. The Labute approximate surface area is 113 Å². The van der Waals surface area contributed by atoms with Gasteiger partial charge in [-0.05, 0) is 50.4 Å². The van der Waals surface area contributed by atoms with Crippen molar-refractivity contribution in [2.75, 3.05) is 18.0 Å². The van der Waals surface area contributed by atoms with Crippen molar-refractivity contribution in [1.82, 2.24) is 0 Å². The zero-order chi connectivity index (χ0) is 13.0. The molecule has 4 heteroatoms. The Morgan fingerprint density at radius 2 is 2.28 bits per heavy atom. The van der Waals surface area contributed by atoms with Gasteiger partial charge in [0.2, 0.25) is 0 Å². The van der Waals surface area contributed by atoms with E-state index in [2.05, 4.69) is 11.0 Å². The van der Waals surface area contributed by atoms with Crippen LogP contribution in [0.25, 0.3) is 0 Å². The van der Waals surface area contributed by atoms with E-state index >= 15 is 0 Å². The van der Waals surface area contributed by atoms with Crippen LogP contribution in [0.2, 0.25) is 5.02 Å². The van der Waals surface area contributed by atoms with E-state index in [-0.39, 0.29) is 0 Å². The Morgan fingerprint density at radius 3 is 2.94 bits per heavy atom. The molecule has 18 heavy (non-hydrogen) atoms. The van der Waals surface area contributed by atoms with Gasteiger partial charge in [-0.2, -0.15) is 5.26 Å². The fraction of sp³-hybridized carbons (Fsp3) is 0.500. The molecule has 1 heterocycles. The van der Waals surface area contributed by atoms with Gasteiger partial charge in [0.25, 0.3) is 0 Å². The highest BCUT2D eigenvalue weighted by molar-refractivity contribution is 6.33. The molecule has 3 nitrogen and oxygen atoms in total. The van der Waals surface area contributed by atoms with Crippen LogP contribution in [0.3, 0.4) is 0 Å². The molecule has 1 aliphatic rings. The topological polar surface area (TPSA) is 53.0 Å². The summed E-state index contributed by atoms with van der Waals surface area (Å²) in [5, 5.41) is 9.53. The normalized spacial score (nSPS) is 19.6. The average Bonchev–Trinajstić information content (AvgIpc) is 2.40. The first kappa shape index (κ1) is 13.2. The van der Waals surface area contributed by atoms with Gasteiger partial charge in [0.15, 0.2) is 0 Å². The molecular formula is C14H18ClN3. The van der Waals surface area contributed by atoms with E-state index in [0.717, 1.165) is 18.7 Å². The lowest BCUT2D eigenvalue weighted by atomic mass is 9.98. The summed E-state index contributed by atoms with van der Waals surface area (Å²) < 4.78 is 0. The van der Waals surface area contributed by atoms with Gasteiger partial charge in [-0.1, -0.05) is 11.6 Å². The SMILES string of the molecule is N#Cc1ccc(N2CCCCC2CCN)c(Cl)c1. The van der Waals surface area contributed by atoms with Crippen molar-refractivity contribution in [2.24, 2.45) is 5.73 Å². The third-order valence-electron chi connectivity index (χ3n) is 3.51. The van der Waals surface area contributed by atoms with Crippen LogP contribution in [0.5, 0.6) is 0 Å². The molecular weight excluding hydrogens is 246 g/mol. The molecule has 0 spiro atoms. The van der Waals surface area contributed by atoms with Crippen molar-refractivity contribution in [3.8, 4) is 6.07 Å². The number of halogens is 1. The zero-order valence-corrected chi connectivity index (χ0v) is 11.2. The van der Waals surface area contributed by atoms with E-state index in [1.807, 2.05) is 12.1 Å². The van der Waals surface area contributed by atoms with Crippen molar-refractivity contribution >= 4 is 17.3 Å². The Kier molecular flexibility index (Phi) is 4.46. The Balaban J connectivity index is 2.25. The number of nitrogens with two attached hydrogens (primary N) is 1. The smallest absolute Gasteiger partial charge is 0.0992 e. The summed E-state index contributed by atoms with van der Waals surface area (Å²) in [7, 11) is 0. The van der Waals surface area contributed by atoms with Crippen LogP contribution in [0.1, 0.15) is 31.2 Å². The largest absolute Gasteiger partial charge is 0.367 e. The number of nitrogens with zero attached hydrogens (tertiary/aromatic N) is 2. The number of piperidine rings is 1. The molecule has 1 atom stereocenters. The number of rotatable bonds is 3. The second-order valence-electron chi connectivity index (χ2n) is 4.70. The summed E-state index contributed by atoms with van der Waals surface area (Å²) in [6.07, 6.45) is 4.62. The summed E-state index contributed by atoms with van der Waals surface area (Å²) in [6.45, 7) is 1.73. The van der Waals surface area contributed by atoms with Crippen LogP contribution in [0.4, 0.5) is 5.69 Å². The maximum Gasteiger partial charge on any atom is 0.0992 e. The second-order valence-corrected chi connectivity index (χ2v) is 5.11. The van der Waals surface area contributed by atoms with Gasteiger partial charge in [0.1, 0.15) is 0 Å². The average molecular weight is 264 g/mol. The molecule has 2 rings (SSSR count). The third kappa shape index (κ3) is 2.77. The lowest BCUT2D eigenvalue weighted by Crippen LogP contribution is -2.40. The maximum atomic E-state index is 8.86. The zero-order valence-electron chi connectivity index (χ0n) is 10.4. The van der Waals surface area contributed by atoms with Crippen LogP contribution in [0.15, 0.2) is 18.2 Å². The minimum atomic E-state index is 0.481. The summed E-state index contributed by atoms with van der Waals surface area (Å²) in [4.78, 5) is 2.35.